The number of Topliss-reactive ketones (excluding diaryl/α,β-unsaturated/α-hetero) is 1. The van der Waals surface area contributed by atoms with E-state index < -0.39 is 0 Å². The summed E-state index contributed by atoms with van der Waals surface area (Å²) in [6, 6.07) is 9.73. The van der Waals surface area contributed by atoms with Crippen molar-refractivity contribution in [1.82, 2.24) is 30.1 Å². The molecule has 1 saturated carbocycles. The van der Waals surface area contributed by atoms with E-state index in [0.29, 0.717) is 5.69 Å². The standard InChI is InChI=1S/C28H21N7O2S/c1-14(36)25-4-5-26(38-25)20-11-30-12-23-18(20)7-22(33-23)27-19-8-21(31-13-24(19)34-35-27)16-6-17(10-29-9-16)32-28(37)15-2-3-15/h4-13,15,33H,2-3H2,1H3,(H,32,37)(H,34,35). The third kappa shape index (κ3) is 3.95. The van der Waals surface area contributed by atoms with Crippen molar-refractivity contribution in [2.75, 3.05) is 5.32 Å². The SMILES string of the molecule is CC(=O)c1ccc(-c2cncc3[nH]c(-c4n[nH]c5cnc(-c6cncc(NC(=O)C7CC7)c6)cc45)cc23)s1. The molecule has 38 heavy (non-hydrogen) atoms. The number of thiophene rings is 1. The van der Waals surface area contributed by atoms with Crippen LogP contribution in [0.3, 0.4) is 0 Å². The van der Waals surface area contributed by atoms with Gasteiger partial charge in [-0.05, 0) is 50.1 Å². The molecule has 7 rings (SSSR count). The fourth-order valence-corrected chi connectivity index (χ4v) is 5.49. The summed E-state index contributed by atoms with van der Waals surface area (Å²) >= 11 is 1.46. The number of H-pyrrole nitrogens is 2. The third-order valence-electron chi connectivity index (χ3n) is 6.72. The maximum absolute atomic E-state index is 12.2. The number of carbonyl (C=O) groups is 2. The third-order valence-corrected chi connectivity index (χ3v) is 7.94. The summed E-state index contributed by atoms with van der Waals surface area (Å²) in [5.74, 6) is 0.205. The van der Waals surface area contributed by atoms with Crippen LogP contribution in [0.25, 0.3) is 54.9 Å². The maximum Gasteiger partial charge on any atom is 0.227 e. The highest BCUT2D eigenvalue weighted by Crippen LogP contribution is 2.37. The summed E-state index contributed by atoms with van der Waals surface area (Å²) in [7, 11) is 0. The molecule has 6 aromatic heterocycles. The number of aromatic nitrogens is 6. The zero-order valence-electron chi connectivity index (χ0n) is 20.3. The first kappa shape index (κ1) is 22.5. The van der Waals surface area contributed by atoms with Gasteiger partial charge in [0.15, 0.2) is 5.78 Å². The topological polar surface area (TPSA) is 129 Å². The summed E-state index contributed by atoms with van der Waals surface area (Å²) in [5.41, 5.74) is 6.42. The van der Waals surface area contributed by atoms with Crippen LogP contribution in [-0.4, -0.2) is 41.8 Å². The number of carbonyl (C=O) groups excluding carboxylic acids is 2. The van der Waals surface area contributed by atoms with Gasteiger partial charge in [-0.25, -0.2) is 0 Å². The van der Waals surface area contributed by atoms with Crippen LogP contribution in [-0.2, 0) is 4.79 Å². The van der Waals surface area contributed by atoms with Crippen molar-refractivity contribution in [2.45, 2.75) is 19.8 Å². The second kappa shape index (κ2) is 8.70. The van der Waals surface area contributed by atoms with E-state index in [1.165, 1.54) is 11.3 Å². The normalized spacial score (nSPS) is 13.3. The molecule has 0 atom stereocenters. The zero-order valence-corrected chi connectivity index (χ0v) is 21.1. The van der Waals surface area contributed by atoms with Crippen molar-refractivity contribution in [2.24, 2.45) is 5.92 Å². The average Bonchev–Trinajstić information content (AvgIpc) is 3.32. The first-order chi connectivity index (χ1) is 18.5. The van der Waals surface area contributed by atoms with Gasteiger partial charge in [0, 0.05) is 45.1 Å². The van der Waals surface area contributed by atoms with Crippen LogP contribution in [0.15, 0.2) is 61.3 Å². The molecule has 1 fully saturated rings. The molecule has 9 nitrogen and oxygen atoms in total. The molecule has 6 aromatic rings. The number of pyridine rings is 3. The molecule has 0 bridgehead atoms. The summed E-state index contributed by atoms with van der Waals surface area (Å²) in [6.07, 6.45) is 10.6. The quantitative estimate of drug-likeness (QED) is 0.237. The second-order valence-electron chi connectivity index (χ2n) is 9.46. The van der Waals surface area contributed by atoms with E-state index in [-0.39, 0.29) is 17.6 Å². The van der Waals surface area contributed by atoms with Crippen LogP contribution in [0, 0.1) is 5.92 Å². The smallest absolute Gasteiger partial charge is 0.227 e. The van der Waals surface area contributed by atoms with E-state index in [1.54, 1.807) is 31.7 Å². The number of nitrogens with one attached hydrogen (secondary N) is 3. The van der Waals surface area contributed by atoms with E-state index in [1.807, 2.05) is 30.5 Å². The van der Waals surface area contributed by atoms with E-state index in [4.69, 9.17) is 0 Å². The second-order valence-corrected chi connectivity index (χ2v) is 10.5. The number of hydrogen-bond donors (Lipinski definition) is 3. The number of nitrogens with zero attached hydrogens (tertiary/aromatic N) is 4. The van der Waals surface area contributed by atoms with Crippen LogP contribution in [0.4, 0.5) is 5.69 Å². The lowest BCUT2D eigenvalue weighted by atomic mass is 10.1. The summed E-state index contributed by atoms with van der Waals surface area (Å²) < 4.78 is 0. The Morgan fingerprint density at radius 1 is 0.974 bits per heavy atom. The zero-order chi connectivity index (χ0) is 25.8. The minimum absolute atomic E-state index is 0.0391. The Labute approximate surface area is 220 Å². The first-order valence-electron chi connectivity index (χ1n) is 12.2. The van der Waals surface area contributed by atoms with Gasteiger partial charge in [0.05, 0.1) is 51.6 Å². The molecule has 6 heterocycles. The van der Waals surface area contributed by atoms with Gasteiger partial charge in [0.1, 0.15) is 5.69 Å². The number of rotatable bonds is 6. The number of hydrogen-bond acceptors (Lipinski definition) is 7. The molecular weight excluding hydrogens is 498 g/mol. The largest absolute Gasteiger partial charge is 0.352 e. The highest BCUT2D eigenvalue weighted by Gasteiger charge is 2.29. The lowest BCUT2D eigenvalue weighted by Gasteiger charge is -2.06. The highest BCUT2D eigenvalue weighted by molar-refractivity contribution is 7.17. The van der Waals surface area contributed by atoms with Crippen LogP contribution in [0.5, 0.6) is 0 Å². The molecule has 0 aliphatic heterocycles. The van der Waals surface area contributed by atoms with E-state index in [0.717, 1.165) is 72.6 Å². The van der Waals surface area contributed by atoms with Crippen LogP contribution >= 0.6 is 11.3 Å². The molecule has 0 saturated heterocycles. The van der Waals surface area contributed by atoms with Crippen LogP contribution in [0.2, 0.25) is 0 Å². The average molecular weight is 520 g/mol. The van der Waals surface area contributed by atoms with Gasteiger partial charge in [0.2, 0.25) is 5.91 Å². The van der Waals surface area contributed by atoms with Gasteiger partial charge in [-0.15, -0.1) is 11.3 Å². The molecule has 10 heteroatoms. The molecule has 1 aliphatic carbocycles. The van der Waals surface area contributed by atoms with Gasteiger partial charge >= 0.3 is 0 Å². The number of ketones is 1. The van der Waals surface area contributed by atoms with Crippen molar-refractivity contribution in [1.29, 1.82) is 0 Å². The van der Waals surface area contributed by atoms with E-state index in [2.05, 4.69) is 41.5 Å². The van der Waals surface area contributed by atoms with Crippen molar-refractivity contribution in [3.63, 3.8) is 0 Å². The van der Waals surface area contributed by atoms with Gasteiger partial charge in [-0.3, -0.25) is 29.6 Å². The molecule has 3 N–H and O–H groups in total. The molecule has 186 valence electrons. The Bertz CT molecular complexity index is 1880. The van der Waals surface area contributed by atoms with Crippen LogP contribution in [0.1, 0.15) is 29.4 Å². The monoisotopic (exact) mass is 519 g/mol. The number of anilines is 1. The van der Waals surface area contributed by atoms with Crippen molar-refractivity contribution >= 4 is 50.5 Å². The molecule has 1 aliphatic rings. The number of aromatic amines is 2. The minimum Gasteiger partial charge on any atom is -0.352 e. The summed E-state index contributed by atoms with van der Waals surface area (Å²) in [6.45, 7) is 1.57. The van der Waals surface area contributed by atoms with Crippen molar-refractivity contribution in [3.05, 3.63) is 66.2 Å². The number of fused-ring (bicyclic) bond motifs is 2. The molecule has 0 unspecified atom stereocenters. The Balaban J connectivity index is 1.27. The Morgan fingerprint density at radius 3 is 2.66 bits per heavy atom. The van der Waals surface area contributed by atoms with Gasteiger partial charge in [-0.1, -0.05) is 0 Å². The maximum atomic E-state index is 12.2. The summed E-state index contributed by atoms with van der Waals surface area (Å²) in [4.78, 5) is 42.5. The minimum atomic E-state index is 0.0391. The van der Waals surface area contributed by atoms with Crippen molar-refractivity contribution < 1.29 is 9.59 Å². The summed E-state index contributed by atoms with van der Waals surface area (Å²) in [5, 5.41) is 12.5. The fraction of sp³-hybridized carbons (Fsp3) is 0.143. The molecule has 0 spiro atoms. The first-order valence-corrected chi connectivity index (χ1v) is 13.0. The lowest BCUT2D eigenvalue weighted by molar-refractivity contribution is -0.117. The lowest BCUT2D eigenvalue weighted by Crippen LogP contribution is -2.13. The Hall–Kier alpha value is -4.70. The molecule has 1 amide bonds. The molecule has 0 aromatic carbocycles. The van der Waals surface area contributed by atoms with Gasteiger partial charge < -0.3 is 10.3 Å². The fourth-order valence-electron chi connectivity index (χ4n) is 4.57. The number of amides is 1. The van der Waals surface area contributed by atoms with Crippen molar-refractivity contribution in [3.8, 4) is 33.1 Å². The Morgan fingerprint density at radius 2 is 1.84 bits per heavy atom. The van der Waals surface area contributed by atoms with E-state index >= 15 is 0 Å². The predicted molar refractivity (Wildman–Crippen MR) is 147 cm³/mol. The van der Waals surface area contributed by atoms with Crippen LogP contribution < -0.4 is 5.32 Å². The van der Waals surface area contributed by atoms with E-state index in [9.17, 15) is 9.59 Å². The highest BCUT2D eigenvalue weighted by atomic mass is 32.1. The van der Waals surface area contributed by atoms with Gasteiger partial charge in [-0.2, -0.15) is 5.10 Å². The van der Waals surface area contributed by atoms with Gasteiger partial charge in [0.25, 0.3) is 0 Å². The molecular formula is C28H21N7O2S. The predicted octanol–water partition coefficient (Wildman–Crippen LogP) is 5.84. The Kier molecular flexibility index (Phi) is 5.15. The molecule has 0 radical (unpaired) electrons.